The van der Waals surface area contributed by atoms with Crippen LogP contribution < -0.4 is 0 Å². The topological polar surface area (TPSA) is 20.2 Å². The molecule has 1 radical (unpaired) electrons. The van der Waals surface area contributed by atoms with Crippen LogP contribution >= 0.6 is 0 Å². The Kier molecular flexibility index (Phi) is 8.62. The van der Waals surface area contributed by atoms with Crippen LogP contribution in [0.2, 0.25) is 0 Å². The molecule has 3 rings (SSSR count). The first-order valence-corrected chi connectivity index (χ1v) is 9.73. The molecule has 0 aromatic heterocycles. The van der Waals surface area contributed by atoms with Crippen LogP contribution in [0.3, 0.4) is 0 Å². The third-order valence-electron chi connectivity index (χ3n) is 6.48. The predicted molar refractivity (Wildman–Crippen MR) is 92.0 cm³/mol. The predicted octanol–water partition coefficient (Wildman–Crippen LogP) is 4.99. The Labute approximate surface area is 168 Å². The maximum Gasteiger partial charge on any atom is 0.0271 e. The second-order valence-corrected chi connectivity index (χ2v) is 8.23. The zero-order chi connectivity index (χ0) is 15.4. The molecule has 2 unspecified atom stereocenters. The van der Waals surface area contributed by atoms with Crippen LogP contribution in [0.4, 0.5) is 0 Å². The molecular formula is C21H33OY-. The molecule has 3 fully saturated rings. The van der Waals surface area contributed by atoms with Gasteiger partial charge in [-0.3, -0.25) is 0 Å². The molecule has 23 heavy (non-hydrogen) atoms. The van der Waals surface area contributed by atoms with Crippen molar-refractivity contribution in [1.82, 2.24) is 0 Å². The molecule has 0 aromatic rings. The van der Waals surface area contributed by atoms with Crippen LogP contribution in [0.15, 0.2) is 0 Å². The van der Waals surface area contributed by atoms with Gasteiger partial charge in [0.15, 0.2) is 0 Å². The van der Waals surface area contributed by atoms with E-state index >= 15 is 0 Å². The number of hydrogen-bond acceptors (Lipinski definition) is 1. The average molecular weight is 390 g/mol. The van der Waals surface area contributed by atoms with Gasteiger partial charge in [0.25, 0.3) is 0 Å². The van der Waals surface area contributed by atoms with Gasteiger partial charge in [-0.2, -0.15) is 6.42 Å². The summed E-state index contributed by atoms with van der Waals surface area (Å²) in [6.45, 7) is 2.42. The summed E-state index contributed by atoms with van der Waals surface area (Å²) in [7, 11) is 0. The zero-order valence-electron chi connectivity index (χ0n) is 14.8. The summed E-state index contributed by atoms with van der Waals surface area (Å²) >= 11 is 0. The minimum absolute atomic E-state index is 0. The molecule has 0 aromatic carbocycles. The molecule has 3 aliphatic rings. The molecule has 2 atom stereocenters. The summed E-state index contributed by atoms with van der Waals surface area (Å²) < 4.78 is 0. The monoisotopic (exact) mass is 390 g/mol. The van der Waals surface area contributed by atoms with Crippen LogP contribution in [0.25, 0.3) is 0 Å². The first-order chi connectivity index (χ1) is 10.7. The first kappa shape index (κ1) is 19.9. The standard InChI is InChI=1S/C21H33O.Y/c1-16-2-10-19(11-3-16)20-12-6-17(7-13-20)4-5-18-8-14-21(22)15-9-18;/h8,16-22H,2-3,6-7,9-15H2,1H3;/q-1;. The van der Waals surface area contributed by atoms with Crippen molar-refractivity contribution < 1.29 is 37.8 Å². The quantitative estimate of drug-likeness (QED) is 0.494. The normalized spacial score (nSPS) is 41.3. The second-order valence-electron chi connectivity index (χ2n) is 8.23. The van der Waals surface area contributed by atoms with Crippen LogP contribution in [-0.4, -0.2) is 11.2 Å². The van der Waals surface area contributed by atoms with Crippen molar-refractivity contribution in [2.45, 2.75) is 83.7 Å². The summed E-state index contributed by atoms with van der Waals surface area (Å²) in [5.74, 6) is 11.2. The van der Waals surface area contributed by atoms with Crippen LogP contribution in [0, 0.1) is 47.9 Å². The Hall–Kier alpha value is 0.624. The first-order valence-electron chi connectivity index (χ1n) is 9.73. The Bertz CT molecular complexity index is 386. The van der Waals surface area contributed by atoms with Gasteiger partial charge in [-0.1, -0.05) is 26.2 Å². The van der Waals surface area contributed by atoms with Gasteiger partial charge in [0, 0.05) is 44.7 Å². The molecule has 0 saturated heterocycles. The number of hydrogen-bond donors (Lipinski definition) is 1. The summed E-state index contributed by atoms with van der Waals surface area (Å²) in [6.07, 6.45) is 16.4. The molecule has 0 amide bonds. The van der Waals surface area contributed by atoms with E-state index in [0.29, 0.717) is 11.8 Å². The van der Waals surface area contributed by atoms with E-state index in [1.807, 2.05) is 0 Å². The molecule has 1 N–H and O–H groups in total. The van der Waals surface area contributed by atoms with E-state index in [-0.39, 0.29) is 38.8 Å². The van der Waals surface area contributed by atoms with Crippen LogP contribution in [-0.2, 0) is 32.7 Å². The Morgan fingerprint density at radius 3 is 1.96 bits per heavy atom. The smallest absolute Gasteiger partial charge is 0.0271 e. The van der Waals surface area contributed by atoms with E-state index in [0.717, 1.165) is 37.0 Å². The number of rotatable bonds is 1. The molecule has 0 bridgehead atoms. The molecule has 0 heterocycles. The zero-order valence-corrected chi connectivity index (χ0v) is 17.7. The maximum absolute atomic E-state index is 9.53. The van der Waals surface area contributed by atoms with Crippen LogP contribution in [0.1, 0.15) is 77.6 Å². The Balaban J connectivity index is 0.00000192. The van der Waals surface area contributed by atoms with E-state index in [1.165, 1.54) is 51.4 Å². The summed E-state index contributed by atoms with van der Waals surface area (Å²) in [4.78, 5) is 0. The van der Waals surface area contributed by atoms with E-state index in [9.17, 15) is 5.11 Å². The van der Waals surface area contributed by atoms with Gasteiger partial charge < -0.3 is 11.5 Å². The number of aliphatic hydroxyl groups is 1. The van der Waals surface area contributed by atoms with Gasteiger partial charge in [-0.15, -0.1) is 17.8 Å². The van der Waals surface area contributed by atoms with E-state index in [1.54, 1.807) is 0 Å². The van der Waals surface area contributed by atoms with Crippen molar-refractivity contribution in [2.24, 2.45) is 29.6 Å². The molecule has 0 aliphatic heterocycles. The molecule has 127 valence electrons. The largest absolute Gasteiger partial charge is 0.396 e. The minimum atomic E-state index is -0.105. The minimum Gasteiger partial charge on any atom is -0.396 e. The Morgan fingerprint density at radius 2 is 1.39 bits per heavy atom. The van der Waals surface area contributed by atoms with Crippen molar-refractivity contribution in [3.05, 3.63) is 6.42 Å². The molecular weight excluding hydrogens is 357 g/mol. The van der Waals surface area contributed by atoms with Crippen molar-refractivity contribution in [3.63, 3.8) is 0 Å². The summed E-state index contributed by atoms with van der Waals surface area (Å²) in [5, 5.41) is 9.53. The Morgan fingerprint density at radius 1 is 0.783 bits per heavy atom. The molecule has 1 nitrogen and oxygen atoms in total. The summed E-state index contributed by atoms with van der Waals surface area (Å²) in [6, 6.07) is 0. The third-order valence-corrected chi connectivity index (χ3v) is 6.48. The molecule has 2 heteroatoms. The molecule has 3 saturated carbocycles. The van der Waals surface area contributed by atoms with Crippen LogP contribution in [0.5, 0.6) is 0 Å². The second kappa shape index (κ2) is 9.94. The SMILES string of the molecule is CC1CCC(C2CCC(C#CC3[CH-]CC(O)CC3)CC2)CC1.[Y]. The third kappa shape index (κ3) is 6.13. The van der Waals surface area contributed by atoms with Gasteiger partial charge in [0.1, 0.15) is 0 Å². The van der Waals surface area contributed by atoms with Gasteiger partial charge in [-0.25, -0.2) is 0 Å². The fourth-order valence-corrected chi connectivity index (χ4v) is 4.78. The molecule has 0 spiro atoms. The van der Waals surface area contributed by atoms with E-state index < -0.39 is 0 Å². The van der Waals surface area contributed by atoms with E-state index in [4.69, 9.17) is 0 Å². The fraction of sp³-hybridized carbons (Fsp3) is 0.857. The number of aliphatic hydroxyl groups excluding tert-OH is 1. The summed E-state index contributed by atoms with van der Waals surface area (Å²) in [5.41, 5.74) is 0. The van der Waals surface area contributed by atoms with Crippen molar-refractivity contribution in [2.75, 3.05) is 0 Å². The average Bonchev–Trinajstić information content (AvgIpc) is 2.56. The van der Waals surface area contributed by atoms with Crippen molar-refractivity contribution in [3.8, 4) is 11.8 Å². The van der Waals surface area contributed by atoms with Gasteiger partial charge in [0.2, 0.25) is 0 Å². The fourth-order valence-electron chi connectivity index (χ4n) is 4.78. The van der Waals surface area contributed by atoms with Crippen molar-refractivity contribution >= 4 is 0 Å². The van der Waals surface area contributed by atoms with Gasteiger partial charge in [-0.05, 0) is 62.7 Å². The maximum atomic E-state index is 9.53. The van der Waals surface area contributed by atoms with E-state index in [2.05, 4.69) is 25.2 Å². The van der Waals surface area contributed by atoms with Crippen molar-refractivity contribution in [1.29, 1.82) is 0 Å². The van der Waals surface area contributed by atoms with Gasteiger partial charge >= 0.3 is 0 Å². The van der Waals surface area contributed by atoms with Gasteiger partial charge in [0.05, 0.1) is 0 Å². The molecule has 3 aliphatic carbocycles.